The number of likely N-dealkylation sites (tertiary alicyclic amines) is 1. The molecule has 1 amide bonds. The maximum Gasteiger partial charge on any atom is 0.226 e. The van der Waals surface area contributed by atoms with E-state index in [0.717, 1.165) is 56.7 Å². The van der Waals surface area contributed by atoms with Crippen molar-refractivity contribution in [3.63, 3.8) is 0 Å². The molecule has 7 nitrogen and oxygen atoms in total. The summed E-state index contributed by atoms with van der Waals surface area (Å²) in [6.07, 6.45) is 6.82. The number of anilines is 1. The molecule has 2 bridgehead atoms. The van der Waals surface area contributed by atoms with E-state index in [-0.39, 0.29) is 16.6 Å². The molecule has 1 aliphatic carbocycles. The molecule has 8 heteroatoms. The van der Waals surface area contributed by atoms with Gasteiger partial charge in [0.05, 0.1) is 6.33 Å². The normalized spacial score (nSPS) is 29.6. The molecule has 156 valence electrons. The molecule has 1 N–H and O–H groups in total. The number of nitrogens with zero attached hydrogens (tertiary/aromatic N) is 5. The Kier molecular flexibility index (Phi) is 4.32. The van der Waals surface area contributed by atoms with Crippen molar-refractivity contribution in [2.24, 2.45) is 16.7 Å². The number of amides is 1. The molecule has 2 aromatic heterocycles. The summed E-state index contributed by atoms with van der Waals surface area (Å²) in [4.78, 5) is 33.7. The SMILES string of the molecule is CC1(C)C[C@H]2C[C@](C)(CN2C(=O)C2CCN(c3nc(Cl)nc4nc[nH]c34)CC2)C1. The fourth-order valence-corrected chi connectivity index (χ4v) is 6.47. The van der Waals surface area contributed by atoms with E-state index < -0.39 is 0 Å². The lowest BCUT2D eigenvalue weighted by Crippen LogP contribution is -2.45. The second-order valence-corrected chi connectivity index (χ2v) is 10.7. The minimum absolute atomic E-state index is 0.104. The molecule has 2 saturated heterocycles. The van der Waals surface area contributed by atoms with Gasteiger partial charge in [-0.05, 0) is 54.5 Å². The zero-order valence-electron chi connectivity index (χ0n) is 17.4. The highest BCUT2D eigenvalue weighted by Gasteiger charge is 2.51. The van der Waals surface area contributed by atoms with Gasteiger partial charge in [-0.15, -0.1) is 0 Å². The van der Waals surface area contributed by atoms with Crippen molar-refractivity contribution >= 4 is 34.5 Å². The highest BCUT2D eigenvalue weighted by Crippen LogP contribution is 2.52. The fraction of sp³-hybridized carbons (Fsp3) is 0.714. The number of fused-ring (bicyclic) bond motifs is 3. The molecule has 4 heterocycles. The van der Waals surface area contributed by atoms with E-state index in [9.17, 15) is 4.79 Å². The van der Waals surface area contributed by atoms with Crippen molar-refractivity contribution in [2.45, 2.75) is 58.9 Å². The Balaban J connectivity index is 1.29. The summed E-state index contributed by atoms with van der Waals surface area (Å²) in [7, 11) is 0. The van der Waals surface area contributed by atoms with Gasteiger partial charge in [-0.25, -0.2) is 4.98 Å². The van der Waals surface area contributed by atoms with Crippen LogP contribution in [0.25, 0.3) is 11.2 Å². The largest absolute Gasteiger partial charge is 0.355 e. The van der Waals surface area contributed by atoms with Gasteiger partial charge in [0.1, 0.15) is 5.52 Å². The van der Waals surface area contributed by atoms with Crippen LogP contribution in [0.2, 0.25) is 5.28 Å². The summed E-state index contributed by atoms with van der Waals surface area (Å²) in [5.74, 6) is 1.25. The second-order valence-electron chi connectivity index (χ2n) is 10.4. The number of nitrogens with one attached hydrogen (secondary N) is 1. The summed E-state index contributed by atoms with van der Waals surface area (Å²) < 4.78 is 0. The molecule has 0 unspecified atom stereocenters. The number of carbonyl (C=O) groups excluding carboxylic acids is 1. The standard InChI is InChI=1S/C21H29ClN6O/c1-20(2)8-14-9-21(3,10-20)11-28(14)18(29)13-4-6-27(7-5-13)17-15-16(24-12-23-15)25-19(22)26-17/h12-14H,4-11H2,1-3H3,(H,23,24,25,26)/t14-,21-/m0/s1. The summed E-state index contributed by atoms with van der Waals surface area (Å²) >= 11 is 6.09. The van der Waals surface area contributed by atoms with E-state index in [1.54, 1.807) is 6.33 Å². The van der Waals surface area contributed by atoms with Gasteiger partial charge in [-0.2, -0.15) is 9.97 Å². The molecule has 0 aromatic carbocycles. The summed E-state index contributed by atoms with van der Waals surface area (Å²) in [5, 5.41) is 0.206. The number of halogens is 1. The number of hydrogen-bond donors (Lipinski definition) is 1. The Morgan fingerprint density at radius 1 is 1.21 bits per heavy atom. The first kappa shape index (κ1) is 19.1. The van der Waals surface area contributed by atoms with Gasteiger partial charge < -0.3 is 14.8 Å². The summed E-state index contributed by atoms with van der Waals surface area (Å²) in [5.41, 5.74) is 2.01. The lowest BCUT2D eigenvalue weighted by atomic mass is 9.65. The molecule has 0 radical (unpaired) electrons. The third-order valence-electron chi connectivity index (χ3n) is 7.08. The van der Waals surface area contributed by atoms with Crippen molar-refractivity contribution in [3.8, 4) is 0 Å². The molecule has 3 fully saturated rings. The first-order valence-electron chi connectivity index (χ1n) is 10.7. The molecule has 1 saturated carbocycles. The van der Waals surface area contributed by atoms with Gasteiger partial charge in [-0.1, -0.05) is 20.8 Å². The molecule has 2 atom stereocenters. The van der Waals surface area contributed by atoms with Crippen molar-refractivity contribution in [3.05, 3.63) is 11.6 Å². The third kappa shape index (κ3) is 3.37. The molecule has 29 heavy (non-hydrogen) atoms. The molecule has 0 spiro atoms. The van der Waals surface area contributed by atoms with Gasteiger partial charge in [0.25, 0.3) is 0 Å². The number of aromatic amines is 1. The van der Waals surface area contributed by atoms with E-state index in [1.807, 2.05) is 0 Å². The molecular formula is C21H29ClN6O. The quantitative estimate of drug-likeness (QED) is 0.756. The zero-order valence-corrected chi connectivity index (χ0v) is 18.2. The van der Waals surface area contributed by atoms with Gasteiger partial charge in [0, 0.05) is 31.6 Å². The molecule has 5 rings (SSSR count). The van der Waals surface area contributed by atoms with Gasteiger partial charge in [-0.3, -0.25) is 4.79 Å². The number of imidazole rings is 1. The number of H-pyrrole nitrogens is 1. The predicted molar refractivity (Wildman–Crippen MR) is 113 cm³/mol. The van der Waals surface area contributed by atoms with E-state index in [4.69, 9.17) is 11.6 Å². The summed E-state index contributed by atoms with van der Waals surface area (Å²) in [6.45, 7) is 9.58. The third-order valence-corrected chi connectivity index (χ3v) is 7.25. The smallest absolute Gasteiger partial charge is 0.226 e. The molecular weight excluding hydrogens is 388 g/mol. The number of piperidine rings is 1. The Bertz CT molecular complexity index is 950. The van der Waals surface area contributed by atoms with Crippen LogP contribution in [0, 0.1) is 16.7 Å². The van der Waals surface area contributed by atoms with Gasteiger partial charge in [0.2, 0.25) is 11.2 Å². The van der Waals surface area contributed by atoms with Crippen molar-refractivity contribution in [2.75, 3.05) is 24.5 Å². The first-order valence-corrected chi connectivity index (χ1v) is 11.0. The van der Waals surface area contributed by atoms with E-state index >= 15 is 0 Å². The lowest BCUT2D eigenvalue weighted by Gasteiger charge is -2.40. The van der Waals surface area contributed by atoms with Crippen molar-refractivity contribution in [1.29, 1.82) is 0 Å². The van der Waals surface area contributed by atoms with Crippen molar-refractivity contribution in [1.82, 2.24) is 24.8 Å². The highest BCUT2D eigenvalue weighted by molar-refractivity contribution is 6.28. The van der Waals surface area contributed by atoms with E-state index in [0.29, 0.717) is 23.0 Å². The average molecular weight is 417 g/mol. The first-order chi connectivity index (χ1) is 13.7. The number of hydrogen-bond acceptors (Lipinski definition) is 5. The van der Waals surface area contributed by atoms with Crippen LogP contribution in [0.4, 0.5) is 5.82 Å². The van der Waals surface area contributed by atoms with Crippen LogP contribution in [0.1, 0.15) is 52.9 Å². The second kappa shape index (κ2) is 6.56. The van der Waals surface area contributed by atoms with Crippen LogP contribution in [-0.4, -0.2) is 56.4 Å². The fourth-order valence-electron chi connectivity index (χ4n) is 6.31. The predicted octanol–water partition coefficient (Wildman–Crippen LogP) is 3.65. The molecule has 3 aliphatic rings. The maximum absolute atomic E-state index is 13.4. The van der Waals surface area contributed by atoms with Crippen LogP contribution >= 0.6 is 11.6 Å². The number of carbonyl (C=O) groups is 1. The molecule has 2 aromatic rings. The van der Waals surface area contributed by atoms with Gasteiger partial charge in [0.15, 0.2) is 11.5 Å². The van der Waals surface area contributed by atoms with Crippen LogP contribution in [0.3, 0.4) is 0 Å². The Morgan fingerprint density at radius 2 is 1.97 bits per heavy atom. The van der Waals surface area contributed by atoms with Crippen LogP contribution in [0.15, 0.2) is 6.33 Å². The lowest BCUT2D eigenvalue weighted by molar-refractivity contribution is -0.137. The topological polar surface area (TPSA) is 78.0 Å². The van der Waals surface area contributed by atoms with E-state index in [1.165, 1.54) is 6.42 Å². The van der Waals surface area contributed by atoms with Crippen LogP contribution < -0.4 is 4.90 Å². The summed E-state index contributed by atoms with van der Waals surface area (Å²) in [6, 6.07) is 0.416. The number of rotatable bonds is 2. The van der Waals surface area contributed by atoms with Crippen LogP contribution in [-0.2, 0) is 4.79 Å². The average Bonchev–Trinajstić information content (AvgIpc) is 3.21. The minimum atomic E-state index is 0.104. The molecule has 2 aliphatic heterocycles. The Hall–Kier alpha value is -1.89. The number of aromatic nitrogens is 4. The van der Waals surface area contributed by atoms with Crippen molar-refractivity contribution < 1.29 is 4.79 Å². The maximum atomic E-state index is 13.4. The minimum Gasteiger partial charge on any atom is -0.355 e. The van der Waals surface area contributed by atoms with Crippen LogP contribution in [0.5, 0.6) is 0 Å². The van der Waals surface area contributed by atoms with Gasteiger partial charge >= 0.3 is 0 Å². The zero-order chi connectivity index (χ0) is 20.4. The van der Waals surface area contributed by atoms with E-state index in [2.05, 4.69) is 50.5 Å². The highest BCUT2D eigenvalue weighted by atomic mass is 35.5. The Labute approximate surface area is 176 Å². The monoisotopic (exact) mass is 416 g/mol. The Morgan fingerprint density at radius 3 is 2.72 bits per heavy atom.